The van der Waals surface area contributed by atoms with Gasteiger partial charge in [0.15, 0.2) is 0 Å². The van der Waals surface area contributed by atoms with E-state index < -0.39 is 17.9 Å². The van der Waals surface area contributed by atoms with Gasteiger partial charge in [0.2, 0.25) is 0 Å². The van der Waals surface area contributed by atoms with E-state index in [2.05, 4.69) is 5.32 Å². The second-order valence-electron chi connectivity index (χ2n) is 4.80. The first kappa shape index (κ1) is 13.2. The van der Waals surface area contributed by atoms with Crippen LogP contribution in [-0.4, -0.2) is 41.0 Å². The van der Waals surface area contributed by atoms with E-state index in [1.165, 1.54) is 0 Å². The lowest BCUT2D eigenvalue weighted by molar-refractivity contribution is -0.131. The summed E-state index contributed by atoms with van der Waals surface area (Å²) in [5, 5.41) is 10.4. The number of hydrogen-bond acceptors (Lipinski definition) is 3. The molecule has 0 saturated carbocycles. The van der Waals surface area contributed by atoms with Crippen molar-refractivity contribution < 1.29 is 19.5 Å². The van der Waals surface area contributed by atoms with Gasteiger partial charge in [-0.05, 0) is 11.8 Å². The number of urea groups is 1. The van der Waals surface area contributed by atoms with E-state index in [0.717, 1.165) is 12.5 Å². The van der Waals surface area contributed by atoms with Crippen molar-refractivity contribution in [3.8, 4) is 0 Å². The largest absolute Gasteiger partial charge is 0.478 e. The number of carboxylic acids is 1. The molecule has 0 aromatic rings. The summed E-state index contributed by atoms with van der Waals surface area (Å²) >= 11 is 0. The molecule has 0 bridgehead atoms. The van der Waals surface area contributed by atoms with Crippen LogP contribution in [0, 0.1) is 5.41 Å². The molecule has 1 rings (SSSR count). The molecule has 1 aliphatic rings. The Bertz CT molecular complexity index is 374. The van der Waals surface area contributed by atoms with Gasteiger partial charge in [0.05, 0.1) is 0 Å². The molecule has 6 nitrogen and oxygen atoms in total. The molecule has 17 heavy (non-hydrogen) atoms. The number of imide groups is 1. The molecule has 6 heteroatoms. The fraction of sp³-hybridized carbons (Fsp3) is 0.545. The average Bonchev–Trinajstić information content (AvgIpc) is 2.56. The van der Waals surface area contributed by atoms with Gasteiger partial charge >= 0.3 is 12.0 Å². The molecule has 0 aliphatic carbocycles. The minimum atomic E-state index is -1.23. The Balaban J connectivity index is 2.45. The highest BCUT2D eigenvalue weighted by molar-refractivity contribution is 6.02. The molecule has 0 atom stereocenters. The van der Waals surface area contributed by atoms with E-state index in [0.29, 0.717) is 19.2 Å². The van der Waals surface area contributed by atoms with Crippen molar-refractivity contribution in [1.82, 2.24) is 10.2 Å². The lowest BCUT2D eigenvalue weighted by atomic mass is 9.93. The van der Waals surface area contributed by atoms with Crippen LogP contribution in [0.1, 0.15) is 20.3 Å². The number of nitrogens with zero attached hydrogens (tertiary/aromatic N) is 1. The van der Waals surface area contributed by atoms with Crippen LogP contribution in [0.25, 0.3) is 0 Å². The highest BCUT2D eigenvalue weighted by Gasteiger charge is 2.32. The molecule has 3 amide bonds. The second kappa shape index (κ2) is 4.99. The van der Waals surface area contributed by atoms with E-state index in [1.54, 1.807) is 4.90 Å². The summed E-state index contributed by atoms with van der Waals surface area (Å²) in [5.74, 6) is -1.95. The van der Waals surface area contributed by atoms with Crippen molar-refractivity contribution >= 4 is 17.9 Å². The molecule has 1 heterocycles. The number of hydrogen-bond donors (Lipinski definition) is 2. The average molecular weight is 240 g/mol. The highest BCUT2D eigenvalue weighted by atomic mass is 16.4. The minimum absolute atomic E-state index is 0.0668. The number of carboxylic acid groups (broad SMARTS) is 1. The zero-order valence-corrected chi connectivity index (χ0v) is 9.90. The Morgan fingerprint density at radius 2 is 1.94 bits per heavy atom. The molecular weight excluding hydrogens is 224 g/mol. The Kier molecular flexibility index (Phi) is 3.88. The van der Waals surface area contributed by atoms with Gasteiger partial charge in [0.25, 0.3) is 5.91 Å². The molecule has 1 fully saturated rings. The third-order valence-corrected chi connectivity index (χ3v) is 2.57. The zero-order chi connectivity index (χ0) is 13.1. The number of aliphatic carboxylic acids is 1. The van der Waals surface area contributed by atoms with Crippen molar-refractivity contribution in [3.63, 3.8) is 0 Å². The first-order chi connectivity index (χ1) is 7.80. The minimum Gasteiger partial charge on any atom is -0.478 e. The Labute approximate surface area is 99.3 Å². The summed E-state index contributed by atoms with van der Waals surface area (Å²) in [6.45, 7) is 5.29. The highest BCUT2D eigenvalue weighted by Crippen LogP contribution is 2.28. The SMILES string of the molecule is CC1(C)CCN(C(=O)NC(=O)C=CC(=O)O)C1. The third-order valence-electron chi connectivity index (χ3n) is 2.57. The predicted molar refractivity (Wildman–Crippen MR) is 60.3 cm³/mol. The van der Waals surface area contributed by atoms with Gasteiger partial charge in [-0.3, -0.25) is 10.1 Å². The number of amides is 3. The number of carbonyl (C=O) groups excluding carboxylic acids is 2. The molecule has 0 radical (unpaired) electrons. The van der Waals surface area contributed by atoms with Crippen molar-refractivity contribution in [2.45, 2.75) is 20.3 Å². The molecule has 0 spiro atoms. The molecule has 0 unspecified atom stereocenters. The van der Waals surface area contributed by atoms with Crippen LogP contribution in [0.5, 0.6) is 0 Å². The third kappa shape index (κ3) is 4.26. The van der Waals surface area contributed by atoms with Crippen molar-refractivity contribution in [3.05, 3.63) is 12.2 Å². The van der Waals surface area contributed by atoms with Crippen molar-refractivity contribution in [2.24, 2.45) is 5.41 Å². The van der Waals surface area contributed by atoms with Crippen LogP contribution in [0.15, 0.2) is 12.2 Å². The summed E-state index contributed by atoms with van der Waals surface area (Å²) in [7, 11) is 0. The first-order valence-electron chi connectivity index (χ1n) is 5.31. The number of likely N-dealkylation sites (tertiary alicyclic amines) is 1. The maximum absolute atomic E-state index is 11.6. The molecule has 1 aliphatic heterocycles. The molecule has 94 valence electrons. The smallest absolute Gasteiger partial charge is 0.328 e. The standard InChI is InChI=1S/C11H16N2O4/c1-11(2)5-6-13(7-11)10(17)12-8(14)3-4-9(15)16/h3-4H,5-7H2,1-2H3,(H,15,16)(H,12,14,17). The van der Waals surface area contributed by atoms with Gasteiger partial charge in [-0.1, -0.05) is 13.8 Å². The van der Waals surface area contributed by atoms with Crippen LogP contribution in [0.2, 0.25) is 0 Å². The second-order valence-corrected chi connectivity index (χ2v) is 4.80. The lowest BCUT2D eigenvalue weighted by Gasteiger charge is -2.19. The quantitative estimate of drug-likeness (QED) is 0.692. The van der Waals surface area contributed by atoms with E-state index in [4.69, 9.17) is 5.11 Å². The van der Waals surface area contributed by atoms with Gasteiger partial charge in [-0.15, -0.1) is 0 Å². The number of carbonyl (C=O) groups is 3. The molecule has 2 N–H and O–H groups in total. The fourth-order valence-electron chi connectivity index (χ4n) is 1.66. The Hall–Kier alpha value is -1.85. The summed E-state index contributed by atoms with van der Waals surface area (Å²) in [6.07, 6.45) is 2.40. The maximum atomic E-state index is 11.6. The molecule has 0 aromatic carbocycles. The van der Waals surface area contributed by atoms with Crippen molar-refractivity contribution in [1.29, 1.82) is 0 Å². The summed E-state index contributed by atoms with van der Waals surface area (Å²) in [5.41, 5.74) is 0.0668. The Morgan fingerprint density at radius 1 is 1.29 bits per heavy atom. The molecule has 1 saturated heterocycles. The van der Waals surface area contributed by atoms with Crippen LogP contribution < -0.4 is 5.32 Å². The molecular formula is C11H16N2O4. The lowest BCUT2D eigenvalue weighted by Crippen LogP contribution is -2.41. The van der Waals surface area contributed by atoms with Crippen LogP contribution in [0.4, 0.5) is 4.79 Å². The Morgan fingerprint density at radius 3 is 2.41 bits per heavy atom. The normalized spacial score (nSPS) is 18.4. The van der Waals surface area contributed by atoms with E-state index >= 15 is 0 Å². The van der Waals surface area contributed by atoms with Crippen LogP contribution >= 0.6 is 0 Å². The van der Waals surface area contributed by atoms with Crippen LogP contribution in [-0.2, 0) is 9.59 Å². The summed E-state index contributed by atoms with van der Waals surface area (Å²) in [4.78, 5) is 34.5. The topological polar surface area (TPSA) is 86.7 Å². The monoisotopic (exact) mass is 240 g/mol. The van der Waals surface area contributed by atoms with Crippen LogP contribution in [0.3, 0.4) is 0 Å². The van der Waals surface area contributed by atoms with Gasteiger partial charge in [0.1, 0.15) is 0 Å². The first-order valence-corrected chi connectivity index (χ1v) is 5.31. The zero-order valence-electron chi connectivity index (χ0n) is 9.90. The van der Waals surface area contributed by atoms with Crippen molar-refractivity contribution in [2.75, 3.05) is 13.1 Å². The number of nitrogens with one attached hydrogen (secondary N) is 1. The van der Waals surface area contributed by atoms with E-state index in [-0.39, 0.29) is 5.41 Å². The maximum Gasteiger partial charge on any atom is 0.328 e. The number of rotatable bonds is 2. The summed E-state index contributed by atoms with van der Waals surface area (Å²) in [6, 6.07) is -0.476. The van der Waals surface area contributed by atoms with Gasteiger partial charge < -0.3 is 10.0 Å². The van der Waals surface area contributed by atoms with Gasteiger partial charge in [0, 0.05) is 25.2 Å². The molecule has 0 aromatic heterocycles. The van der Waals surface area contributed by atoms with Gasteiger partial charge in [-0.2, -0.15) is 0 Å². The summed E-state index contributed by atoms with van der Waals surface area (Å²) < 4.78 is 0. The fourth-order valence-corrected chi connectivity index (χ4v) is 1.66. The predicted octanol–water partition coefficient (Wildman–Crippen LogP) is 0.595. The van der Waals surface area contributed by atoms with Gasteiger partial charge in [-0.25, -0.2) is 9.59 Å². The van der Waals surface area contributed by atoms with E-state index in [9.17, 15) is 14.4 Å². The van der Waals surface area contributed by atoms with E-state index in [1.807, 2.05) is 13.8 Å².